The minimum atomic E-state index is -2.57. The van der Waals surface area contributed by atoms with Gasteiger partial charge < -0.3 is 32.3 Å². The fourth-order valence-electron chi connectivity index (χ4n) is 2.82. The van der Waals surface area contributed by atoms with Gasteiger partial charge in [-0.3, -0.25) is 14.4 Å². The van der Waals surface area contributed by atoms with Crippen molar-refractivity contribution in [1.29, 1.82) is 0 Å². The minimum absolute atomic E-state index is 0.0128. The molecule has 1 rings (SSSR count). The Bertz CT molecular complexity index is 755. The molecule has 0 fully saturated rings. The van der Waals surface area contributed by atoms with Crippen molar-refractivity contribution < 1.29 is 29.4 Å². The van der Waals surface area contributed by atoms with E-state index in [2.05, 4.69) is 5.32 Å². The first kappa shape index (κ1) is 25.1. The van der Waals surface area contributed by atoms with Gasteiger partial charge in [0.25, 0.3) is 5.91 Å². The lowest BCUT2D eigenvalue weighted by Crippen LogP contribution is -2.70. The monoisotopic (exact) mass is 422 g/mol. The van der Waals surface area contributed by atoms with Gasteiger partial charge in [-0.1, -0.05) is 44.2 Å². The Balaban J connectivity index is 2.87. The number of carbonyl (C=O) groups is 4. The molecule has 10 heteroatoms. The average Bonchev–Trinajstić information content (AvgIpc) is 2.66. The summed E-state index contributed by atoms with van der Waals surface area (Å²) in [5.74, 6) is -4.76. The summed E-state index contributed by atoms with van der Waals surface area (Å²) in [4.78, 5) is 47.4. The summed E-state index contributed by atoms with van der Waals surface area (Å²) in [5.41, 5.74) is 9.42. The quantitative estimate of drug-likeness (QED) is 0.239. The number of benzene rings is 1. The Morgan fingerprint density at radius 2 is 1.73 bits per heavy atom. The normalized spacial score (nSPS) is 15.0. The molecule has 1 unspecified atom stereocenters. The van der Waals surface area contributed by atoms with Crippen LogP contribution in [0, 0.1) is 5.92 Å². The molecule has 0 radical (unpaired) electrons. The first-order valence-electron chi connectivity index (χ1n) is 9.62. The van der Waals surface area contributed by atoms with Crippen molar-refractivity contribution in [2.45, 2.75) is 57.3 Å². The molecule has 0 bridgehead atoms. The first-order valence-corrected chi connectivity index (χ1v) is 9.62. The number of carboxylic acids is 1. The van der Waals surface area contributed by atoms with Crippen LogP contribution in [-0.4, -0.2) is 51.7 Å². The van der Waals surface area contributed by atoms with E-state index in [1.807, 2.05) is 35.6 Å². The summed E-state index contributed by atoms with van der Waals surface area (Å²) in [7, 11) is 0. The third kappa shape index (κ3) is 7.45. The van der Waals surface area contributed by atoms with Crippen molar-refractivity contribution in [2.24, 2.45) is 17.4 Å². The van der Waals surface area contributed by atoms with Gasteiger partial charge in [-0.25, -0.2) is 4.79 Å². The Morgan fingerprint density at radius 3 is 2.23 bits per heavy atom. The third-order valence-electron chi connectivity index (χ3n) is 4.60. The van der Waals surface area contributed by atoms with Gasteiger partial charge in [0.05, 0.1) is 12.5 Å². The molecule has 166 valence electrons. The van der Waals surface area contributed by atoms with E-state index in [4.69, 9.17) is 16.6 Å². The van der Waals surface area contributed by atoms with Gasteiger partial charge in [0.2, 0.25) is 17.5 Å². The Kier molecular flexibility index (Phi) is 9.41. The van der Waals surface area contributed by atoms with E-state index < -0.39 is 53.8 Å². The molecular weight excluding hydrogens is 392 g/mol. The van der Waals surface area contributed by atoms with Gasteiger partial charge in [-0.2, -0.15) is 0 Å². The topological polar surface area (TPSA) is 185 Å². The SMILES string of the molecule is CC(C)C(N)[C@](O)(NC(=O)CCCc1ccccc1)C(=O)N[C@@H](CC(N)=O)C(=O)O. The number of aryl methyl sites for hydroxylation is 1. The molecule has 0 aliphatic carbocycles. The first-order chi connectivity index (χ1) is 14.0. The van der Waals surface area contributed by atoms with E-state index in [0.717, 1.165) is 5.56 Å². The number of rotatable bonds is 12. The van der Waals surface area contributed by atoms with Crippen LogP contribution in [0.3, 0.4) is 0 Å². The van der Waals surface area contributed by atoms with E-state index in [1.165, 1.54) is 0 Å². The minimum Gasteiger partial charge on any atom is -0.480 e. The molecule has 0 spiro atoms. The molecule has 0 aromatic heterocycles. The highest BCUT2D eigenvalue weighted by molar-refractivity contribution is 5.94. The van der Waals surface area contributed by atoms with Gasteiger partial charge in [0, 0.05) is 6.42 Å². The highest BCUT2D eigenvalue weighted by Crippen LogP contribution is 2.15. The molecule has 0 saturated carbocycles. The summed E-state index contributed by atoms with van der Waals surface area (Å²) in [5, 5.41) is 24.3. The molecule has 3 amide bonds. The molecule has 0 aliphatic heterocycles. The Hall–Kier alpha value is -2.98. The molecule has 0 saturated heterocycles. The van der Waals surface area contributed by atoms with Gasteiger partial charge in [0.15, 0.2) is 0 Å². The highest BCUT2D eigenvalue weighted by atomic mass is 16.4. The van der Waals surface area contributed by atoms with Crippen LogP contribution >= 0.6 is 0 Å². The van der Waals surface area contributed by atoms with E-state index in [1.54, 1.807) is 13.8 Å². The second-order valence-corrected chi connectivity index (χ2v) is 7.46. The highest BCUT2D eigenvalue weighted by Gasteiger charge is 2.46. The fraction of sp³-hybridized carbons (Fsp3) is 0.500. The van der Waals surface area contributed by atoms with Crippen LogP contribution in [0.1, 0.15) is 38.7 Å². The number of carboxylic acid groups (broad SMARTS) is 1. The summed E-state index contributed by atoms with van der Waals surface area (Å²) in [6.07, 6.45) is 0.413. The molecule has 8 N–H and O–H groups in total. The lowest BCUT2D eigenvalue weighted by atomic mass is 9.92. The molecule has 1 aromatic carbocycles. The standard InChI is InChI=1S/C20H30N4O6/c1-12(2)17(22)20(30,19(29)23-14(18(27)28)11-15(21)25)24-16(26)10-6-9-13-7-4-3-5-8-13/h3-5,7-8,12,14,17,30H,6,9-11,22H2,1-2H3,(H2,21,25)(H,23,29)(H,24,26)(H,27,28)/t14-,17?,20+/m0/s1. The van der Waals surface area contributed by atoms with E-state index in [0.29, 0.717) is 12.8 Å². The summed E-state index contributed by atoms with van der Waals surface area (Å²) >= 11 is 0. The van der Waals surface area contributed by atoms with Crippen LogP contribution < -0.4 is 22.1 Å². The van der Waals surface area contributed by atoms with E-state index >= 15 is 0 Å². The van der Waals surface area contributed by atoms with Crippen molar-refractivity contribution in [3.8, 4) is 0 Å². The van der Waals surface area contributed by atoms with Gasteiger partial charge in [-0.15, -0.1) is 0 Å². The third-order valence-corrected chi connectivity index (χ3v) is 4.60. The molecule has 30 heavy (non-hydrogen) atoms. The fourth-order valence-corrected chi connectivity index (χ4v) is 2.82. The maximum absolute atomic E-state index is 12.7. The van der Waals surface area contributed by atoms with Crippen LogP contribution in [-0.2, 0) is 25.6 Å². The van der Waals surface area contributed by atoms with Crippen LogP contribution in [0.15, 0.2) is 30.3 Å². The number of nitrogens with one attached hydrogen (secondary N) is 2. The van der Waals surface area contributed by atoms with Crippen molar-refractivity contribution in [3.05, 3.63) is 35.9 Å². The Labute approximate surface area is 175 Å². The predicted molar refractivity (Wildman–Crippen MR) is 109 cm³/mol. The molecule has 10 nitrogen and oxygen atoms in total. The number of carbonyl (C=O) groups excluding carboxylic acids is 3. The van der Waals surface area contributed by atoms with Crippen molar-refractivity contribution >= 4 is 23.7 Å². The second-order valence-electron chi connectivity index (χ2n) is 7.46. The van der Waals surface area contributed by atoms with Crippen LogP contribution in [0.25, 0.3) is 0 Å². The number of nitrogens with two attached hydrogens (primary N) is 2. The smallest absolute Gasteiger partial charge is 0.326 e. The van der Waals surface area contributed by atoms with E-state index in [9.17, 15) is 24.3 Å². The van der Waals surface area contributed by atoms with Crippen LogP contribution in [0.2, 0.25) is 0 Å². The summed E-state index contributed by atoms with van der Waals surface area (Å²) in [6.45, 7) is 3.26. The lowest BCUT2D eigenvalue weighted by molar-refractivity contribution is -0.157. The van der Waals surface area contributed by atoms with Crippen LogP contribution in [0.5, 0.6) is 0 Å². The number of hydrogen-bond donors (Lipinski definition) is 6. The number of aliphatic carboxylic acids is 1. The number of aliphatic hydroxyl groups is 1. The molecular formula is C20H30N4O6. The maximum atomic E-state index is 12.7. The van der Waals surface area contributed by atoms with Crippen molar-refractivity contribution in [3.63, 3.8) is 0 Å². The summed E-state index contributed by atoms with van der Waals surface area (Å²) < 4.78 is 0. The van der Waals surface area contributed by atoms with E-state index in [-0.39, 0.29) is 6.42 Å². The van der Waals surface area contributed by atoms with Crippen LogP contribution in [0.4, 0.5) is 0 Å². The zero-order chi connectivity index (χ0) is 22.9. The zero-order valence-electron chi connectivity index (χ0n) is 17.1. The predicted octanol–water partition coefficient (Wildman–Crippen LogP) is -0.758. The largest absolute Gasteiger partial charge is 0.480 e. The summed E-state index contributed by atoms with van der Waals surface area (Å²) in [6, 6.07) is 6.57. The van der Waals surface area contributed by atoms with Crippen molar-refractivity contribution in [1.82, 2.24) is 10.6 Å². The molecule has 0 heterocycles. The lowest BCUT2D eigenvalue weighted by Gasteiger charge is -2.36. The molecule has 1 aromatic rings. The second kappa shape index (κ2) is 11.3. The maximum Gasteiger partial charge on any atom is 0.326 e. The Morgan fingerprint density at radius 1 is 1.13 bits per heavy atom. The van der Waals surface area contributed by atoms with Gasteiger partial charge in [-0.05, 0) is 24.3 Å². The zero-order valence-corrected chi connectivity index (χ0v) is 17.1. The van der Waals surface area contributed by atoms with Crippen molar-refractivity contribution in [2.75, 3.05) is 0 Å². The molecule has 0 aliphatic rings. The van der Waals surface area contributed by atoms with Gasteiger partial charge >= 0.3 is 5.97 Å². The number of primary amides is 1. The molecule has 3 atom stereocenters. The number of amides is 3. The van der Waals surface area contributed by atoms with Gasteiger partial charge in [0.1, 0.15) is 6.04 Å². The average molecular weight is 422 g/mol. The number of hydrogen-bond acceptors (Lipinski definition) is 6.